The molecule has 2 aliphatic rings. The summed E-state index contributed by atoms with van der Waals surface area (Å²) in [6.45, 7) is 19.4. The molecular weight excluding hydrogens is 322 g/mol. The predicted molar refractivity (Wildman–Crippen MR) is 111 cm³/mol. The van der Waals surface area contributed by atoms with E-state index in [1.54, 1.807) is 0 Å². The molecule has 0 spiro atoms. The molecule has 1 heterocycles. The molecule has 1 aliphatic carbocycles. The van der Waals surface area contributed by atoms with Crippen LogP contribution in [0.2, 0.25) is 0 Å². The van der Waals surface area contributed by atoms with Gasteiger partial charge < -0.3 is 16.0 Å². The van der Waals surface area contributed by atoms with E-state index in [0.717, 1.165) is 25.7 Å². The van der Waals surface area contributed by atoms with E-state index in [1.807, 2.05) is 0 Å². The normalized spacial score (nSPS) is 28.0. The fourth-order valence-electron chi connectivity index (χ4n) is 6.04. The lowest BCUT2D eigenvalue weighted by Gasteiger charge is -2.46. The largest absolute Gasteiger partial charge is 0.307 e. The Morgan fingerprint density at radius 3 is 1.58 bits per heavy atom. The smallest absolute Gasteiger partial charge is 0.160 e. The van der Waals surface area contributed by atoms with E-state index in [2.05, 4.69) is 71.3 Å². The van der Waals surface area contributed by atoms with Crippen LogP contribution >= 0.6 is 0 Å². The summed E-state index contributed by atoms with van der Waals surface area (Å²) in [4.78, 5) is 12.4. The number of carbonyl (C=O) groups excluding carboxylic acids is 1. The first-order valence-electron chi connectivity index (χ1n) is 10.5. The Kier molecular flexibility index (Phi) is 6.32. The lowest BCUT2D eigenvalue weighted by atomic mass is 9.63. The number of piperidine rings is 1. The number of ketones is 1. The average molecular weight is 366 g/mol. The van der Waals surface area contributed by atoms with Crippen LogP contribution in [0.15, 0.2) is 0 Å². The Labute approximate surface area is 161 Å². The minimum absolute atomic E-state index is 0.111. The summed E-state index contributed by atoms with van der Waals surface area (Å²) >= 11 is 0. The van der Waals surface area contributed by atoms with Crippen LogP contribution in [0.5, 0.6) is 0 Å². The SMILES string of the molecule is CC1(C)CC(NCC(=O)CNC2CC(C)(C)NC(C)(C)C2)CC(C)(C)C1. The standard InChI is InChI=1S/C22H43N3O/c1-19(2)9-16(10-20(3,4)15-19)23-13-18(26)14-24-17-11-21(5,6)25-22(7,8)12-17/h16-17,23-25H,9-15H2,1-8H3. The third kappa shape index (κ3) is 6.94. The second-order valence-electron chi connectivity index (χ2n) is 11.9. The Morgan fingerprint density at radius 1 is 0.769 bits per heavy atom. The minimum atomic E-state index is 0.111. The maximum atomic E-state index is 12.4. The Morgan fingerprint density at radius 2 is 1.15 bits per heavy atom. The van der Waals surface area contributed by atoms with Gasteiger partial charge >= 0.3 is 0 Å². The molecule has 4 heteroatoms. The van der Waals surface area contributed by atoms with Crippen molar-refractivity contribution < 1.29 is 4.79 Å². The van der Waals surface area contributed by atoms with E-state index in [9.17, 15) is 4.79 Å². The van der Waals surface area contributed by atoms with Gasteiger partial charge in [-0.3, -0.25) is 4.79 Å². The van der Waals surface area contributed by atoms with Crippen LogP contribution < -0.4 is 16.0 Å². The van der Waals surface area contributed by atoms with E-state index in [4.69, 9.17) is 0 Å². The fourth-order valence-corrected chi connectivity index (χ4v) is 6.04. The average Bonchev–Trinajstić information content (AvgIpc) is 2.36. The zero-order valence-electron chi connectivity index (χ0n) is 18.5. The summed E-state index contributed by atoms with van der Waals surface area (Å²) in [5.41, 5.74) is 0.930. The fraction of sp³-hybridized carbons (Fsp3) is 0.955. The quantitative estimate of drug-likeness (QED) is 0.672. The topological polar surface area (TPSA) is 53.2 Å². The molecule has 4 nitrogen and oxygen atoms in total. The maximum absolute atomic E-state index is 12.4. The number of carbonyl (C=O) groups is 1. The molecule has 0 radical (unpaired) electrons. The zero-order chi connectivity index (χ0) is 19.8. The van der Waals surface area contributed by atoms with Crippen molar-refractivity contribution in [1.82, 2.24) is 16.0 Å². The highest BCUT2D eigenvalue weighted by Crippen LogP contribution is 2.45. The number of nitrogens with one attached hydrogen (secondary N) is 3. The molecule has 3 N–H and O–H groups in total. The molecule has 2 fully saturated rings. The summed E-state index contributed by atoms with van der Waals surface area (Å²) in [6, 6.07) is 0.854. The molecule has 1 saturated carbocycles. The third-order valence-corrected chi connectivity index (χ3v) is 5.92. The van der Waals surface area contributed by atoms with E-state index in [0.29, 0.717) is 36.0 Å². The van der Waals surface area contributed by atoms with Crippen molar-refractivity contribution in [3.8, 4) is 0 Å². The van der Waals surface area contributed by atoms with Gasteiger partial charge in [-0.05, 0) is 70.6 Å². The van der Waals surface area contributed by atoms with Crippen LogP contribution in [0.4, 0.5) is 0 Å². The molecule has 2 rings (SSSR count). The Hall–Kier alpha value is -0.450. The number of hydrogen-bond acceptors (Lipinski definition) is 4. The van der Waals surface area contributed by atoms with Gasteiger partial charge in [0, 0.05) is 23.2 Å². The lowest BCUT2D eigenvalue weighted by molar-refractivity contribution is -0.118. The van der Waals surface area contributed by atoms with Gasteiger partial charge in [-0.1, -0.05) is 27.7 Å². The second-order valence-corrected chi connectivity index (χ2v) is 11.9. The van der Waals surface area contributed by atoms with Gasteiger partial charge in [0.05, 0.1) is 13.1 Å². The molecule has 1 saturated heterocycles. The van der Waals surface area contributed by atoms with Gasteiger partial charge in [0.15, 0.2) is 5.78 Å². The summed E-state index contributed by atoms with van der Waals surface area (Å²) in [5.74, 6) is 0.278. The Balaban J connectivity index is 1.77. The first kappa shape index (κ1) is 21.8. The van der Waals surface area contributed by atoms with E-state index < -0.39 is 0 Å². The molecule has 152 valence electrons. The monoisotopic (exact) mass is 365 g/mol. The van der Waals surface area contributed by atoms with Crippen molar-refractivity contribution in [2.24, 2.45) is 10.8 Å². The van der Waals surface area contributed by atoms with Gasteiger partial charge in [-0.2, -0.15) is 0 Å². The van der Waals surface area contributed by atoms with Crippen molar-refractivity contribution in [3.63, 3.8) is 0 Å². The van der Waals surface area contributed by atoms with Crippen LogP contribution in [0.25, 0.3) is 0 Å². The predicted octanol–water partition coefficient (Wildman–Crippen LogP) is 3.65. The van der Waals surface area contributed by atoms with Crippen molar-refractivity contribution >= 4 is 5.78 Å². The lowest BCUT2D eigenvalue weighted by Crippen LogP contribution is -2.62. The highest BCUT2D eigenvalue weighted by atomic mass is 16.1. The van der Waals surface area contributed by atoms with Gasteiger partial charge in [0.2, 0.25) is 0 Å². The molecule has 0 aromatic rings. The first-order valence-corrected chi connectivity index (χ1v) is 10.5. The van der Waals surface area contributed by atoms with Crippen molar-refractivity contribution in [1.29, 1.82) is 0 Å². The first-order chi connectivity index (χ1) is 11.7. The minimum Gasteiger partial charge on any atom is -0.307 e. The van der Waals surface area contributed by atoms with Crippen LogP contribution in [0.1, 0.15) is 87.5 Å². The summed E-state index contributed by atoms with van der Waals surface area (Å²) in [7, 11) is 0. The van der Waals surface area contributed by atoms with E-state index in [-0.39, 0.29) is 16.9 Å². The molecule has 26 heavy (non-hydrogen) atoms. The van der Waals surface area contributed by atoms with Gasteiger partial charge in [0.1, 0.15) is 0 Å². The van der Waals surface area contributed by atoms with Crippen molar-refractivity contribution in [2.45, 2.75) is 111 Å². The molecule has 1 aliphatic heterocycles. The molecule has 0 aromatic carbocycles. The number of rotatable bonds is 6. The van der Waals surface area contributed by atoms with E-state index >= 15 is 0 Å². The Bertz CT molecular complexity index is 432. The van der Waals surface area contributed by atoms with Gasteiger partial charge in [-0.25, -0.2) is 0 Å². The highest BCUT2D eigenvalue weighted by Gasteiger charge is 2.39. The molecule has 0 aromatic heterocycles. The zero-order valence-corrected chi connectivity index (χ0v) is 18.5. The van der Waals surface area contributed by atoms with Crippen LogP contribution in [-0.4, -0.2) is 42.0 Å². The molecule has 0 amide bonds. The van der Waals surface area contributed by atoms with Crippen molar-refractivity contribution in [2.75, 3.05) is 13.1 Å². The van der Waals surface area contributed by atoms with Crippen LogP contribution in [0, 0.1) is 10.8 Å². The molecule has 0 atom stereocenters. The number of Topliss-reactive ketones (excluding diaryl/α,β-unsaturated/α-hetero) is 1. The second kappa shape index (κ2) is 7.52. The van der Waals surface area contributed by atoms with Crippen LogP contribution in [-0.2, 0) is 4.79 Å². The van der Waals surface area contributed by atoms with Gasteiger partial charge in [0.25, 0.3) is 0 Å². The van der Waals surface area contributed by atoms with Crippen LogP contribution in [0.3, 0.4) is 0 Å². The van der Waals surface area contributed by atoms with E-state index in [1.165, 1.54) is 6.42 Å². The molecular formula is C22H43N3O. The highest BCUT2D eigenvalue weighted by molar-refractivity contribution is 5.82. The summed E-state index contributed by atoms with van der Waals surface area (Å²) in [5, 5.41) is 10.8. The molecule has 0 bridgehead atoms. The van der Waals surface area contributed by atoms with Crippen molar-refractivity contribution in [3.05, 3.63) is 0 Å². The summed E-state index contributed by atoms with van der Waals surface area (Å²) in [6.07, 6.45) is 5.70. The summed E-state index contributed by atoms with van der Waals surface area (Å²) < 4.78 is 0. The third-order valence-electron chi connectivity index (χ3n) is 5.92. The van der Waals surface area contributed by atoms with Gasteiger partial charge in [-0.15, -0.1) is 0 Å². The maximum Gasteiger partial charge on any atom is 0.160 e. The molecule has 0 unspecified atom stereocenters. The number of hydrogen-bond donors (Lipinski definition) is 3.